The maximum atomic E-state index is 14.5. The third kappa shape index (κ3) is 4.17. The largest absolute Gasteiger partial charge is 0.495 e. The van der Waals surface area contributed by atoms with Gasteiger partial charge in [-0.15, -0.1) is 0 Å². The fourth-order valence-corrected chi connectivity index (χ4v) is 4.12. The molecule has 174 valence electrons. The van der Waals surface area contributed by atoms with E-state index in [1.807, 2.05) is 25.1 Å². The summed E-state index contributed by atoms with van der Waals surface area (Å²) >= 11 is 0. The molecule has 1 atom stereocenters. The Kier molecular flexibility index (Phi) is 6.72. The van der Waals surface area contributed by atoms with Crippen molar-refractivity contribution in [2.24, 2.45) is 0 Å². The lowest BCUT2D eigenvalue weighted by Gasteiger charge is -2.30. The van der Waals surface area contributed by atoms with Gasteiger partial charge in [0.1, 0.15) is 17.4 Å². The molecule has 1 amide bonds. The molecule has 4 aromatic rings. The van der Waals surface area contributed by atoms with Crippen LogP contribution in [0.1, 0.15) is 42.5 Å². The van der Waals surface area contributed by atoms with Gasteiger partial charge in [0.2, 0.25) is 0 Å². The number of hydrogen-bond acceptors (Lipinski definition) is 4. The number of rotatable bonds is 7. The van der Waals surface area contributed by atoms with E-state index in [0.29, 0.717) is 41.1 Å². The topological polar surface area (TPSA) is 64.4 Å². The molecule has 3 aromatic carbocycles. The number of methoxy groups -OCH3 is 1. The number of ether oxygens (including phenoxy) is 1. The third-order valence-corrected chi connectivity index (χ3v) is 5.80. The van der Waals surface area contributed by atoms with Crippen molar-refractivity contribution in [3.8, 4) is 11.4 Å². The quantitative estimate of drug-likeness (QED) is 0.384. The van der Waals surface area contributed by atoms with Crippen molar-refractivity contribution >= 4 is 16.8 Å². The lowest BCUT2D eigenvalue weighted by molar-refractivity contribution is 0.0676. The summed E-state index contributed by atoms with van der Waals surface area (Å²) in [6.45, 7) is 4.11. The predicted octanol–water partition coefficient (Wildman–Crippen LogP) is 5.15. The standard InChI is InChI=1S/C27H26FN3O3/c1-4-17-30(26(32)19-11-5-7-13-21(19)28)18(2)25-29-22-14-8-6-12-20(22)27(33)31(25)23-15-9-10-16-24(23)34-3/h5-16,18H,4,17H2,1-3H3. The van der Waals surface area contributed by atoms with Gasteiger partial charge in [0.15, 0.2) is 0 Å². The molecule has 0 aliphatic heterocycles. The van der Waals surface area contributed by atoms with E-state index in [9.17, 15) is 14.0 Å². The van der Waals surface area contributed by atoms with Gasteiger partial charge in [-0.3, -0.25) is 14.2 Å². The first-order valence-corrected chi connectivity index (χ1v) is 11.2. The van der Waals surface area contributed by atoms with E-state index in [0.717, 1.165) is 0 Å². The number of aromatic nitrogens is 2. The Morgan fingerprint density at radius 1 is 1.06 bits per heavy atom. The maximum absolute atomic E-state index is 14.5. The molecule has 0 bridgehead atoms. The second kappa shape index (κ2) is 9.87. The van der Waals surface area contributed by atoms with Gasteiger partial charge in [0.05, 0.1) is 35.3 Å². The third-order valence-electron chi connectivity index (χ3n) is 5.80. The van der Waals surface area contributed by atoms with Crippen molar-refractivity contribution in [3.63, 3.8) is 0 Å². The Bertz CT molecular complexity index is 1400. The van der Waals surface area contributed by atoms with Crippen LogP contribution < -0.4 is 10.3 Å². The Morgan fingerprint density at radius 3 is 2.47 bits per heavy atom. The highest BCUT2D eigenvalue weighted by molar-refractivity contribution is 5.94. The fourth-order valence-electron chi connectivity index (χ4n) is 4.12. The number of nitrogens with zero attached hydrogens (tertiary/aromatic N) is 3. The number of amides is 1. The summed E-state index contributed by atoms with van der Waals surface area (Å²) in [5.41, 5.74) is 0.752. The van der Waals surface area contributed by atoms with Crippen molar-refractivity contribution in [1.82, 2.24) is 14.5 Å². The maximum Gasteiger partial charge on any atom is 0.266 e. The van der Waals surface area contributed by atoms with Crippen molar-refractivity contribution < 1.29 is 13.9 Å². The summed E-state index contributed by atoms with van der Waals surface area (Å²) in [5.74, 6) is -0.181. The Morgan fingerprint density at radius 2 is 1.74 bits per heavy atom. The molecular weight excluding hydrogens is 433 g/mol. The second-order valence-electron chi connectivity index (χ2n) is 7.95. The van der Waals surface area contributed by atoms with Crippen LogP contribution in [-0.2, 0) is 0 Å². The molecule has 0 spiro atoms. The summed E-state index contributed by atoms with van der Waals surface area (Å²) in [4.78, 5) is 33.5. The molecule has 0 N–H and O–H groups in total. The normalized spacial score (nSPS) is 11.9. The highest BCUT2D eigenvalue weighted by Crippen LogP contribution is 2.28. The predicted molar refractivity (Wildman–Crippen MR) is 130 cm³/mol. The van der Waals surface area contributed by atoms with Gasteiger partial charge in [0, 0.05) is 6.54 Å². The number of benzene rings is 3. The minimum Gasteiger partial charge on any atom is -0.495 e. The van der Waals surface area contributed by atoms with Crippen LogP contribution in [0.3, 0.4) is 0 Å². The van der Waals surface area contributed by atoms with Gasteiger partial charge >= 0.3 is 0 Å². The fraction of sp³-hybridized carbons (Fsp3) is 0.222. The summed E-state index contributed by atoms with van der Waals surface area (Å²) in [6.07, 6.45) is 0.650. The summed E-state index contributed by atoms with van der Waals surface area (Å²) < 4.78 is 21.5. The lowest BCUT2D eigenvalue weighted by atomic mass is 10.1. The van der Waals surface area contributed by atoms with Crippen molar-refractivity contribution in [3.05, 3.63) is 100 Å². The van der Waals surface area contributed by atoms with Crippen LogP contribution in [0, 0.1) is 5.82 Å². The number of halogens is 1. The van der Waals surface area contributed by atoms with E-state index in [2.05, 4.69) is 0 Å². The average Bonchev–Trinajstić information content (AvgIpc) is 2.87. The van der Waals surface area contributed by atoms with Crippen LogP contribution in [0.2, 0.25) is 0 Å². The number of carbonyl (C=O) groups is 1. The van der Waals surface area contributed by atoms with Gasteiger partial charge in [0.25, 0.3) is 11.5 Å². The number of carbonyl (C=O) groups excluding carboxylic acids is 1. The Hall–Kier alpha value is -4.00. The van der Waals surface area contributed by atoms with Crippen LogP contribution in [0.15, 0.2) is 77.6 Å². The van der Waals surface area contributed by atoms with E-state index in [1.54, 1.807) is 54.3 Å². The highest BCUT2D eigenvalue weighted by atomic mass is 19.1. The van der Waals surface area contributed by atoms with E-state index in [4.69, 9.17) is 9.72 Å². The van der Waals surface area contributed by atoms with Crippen molar-refractivity contribution in [1.29, 1.82) is 0 Å². The van der Waals surface area contributed by atoms with Crippen molar-refractivity contribution in [2.75, 3.05) is 13.7 Å². The average molecular weight is 460 g/mol. The van der Waals surface area contributed by atoms with E-state index < -0.39 is 17.8 Å². The molecule has 0 saturated carbocycles. The molecular formula is C27H26FN3O3. The van der Waals surface area contributed by atoms with Gasteiger partial charge in [-0.1, -0.05) is 43.3 Å². The lowest BCUT2D eigenvalue weighted by Crippen LogP contribution is -2.38. The first kappa shape index (κ1) is 23.2. The van der Waals surface area contributed by atoms with Crippen LogP contribution in [-0.4, -0.2) is 34.0 Å². The SMILES string of the molecule is CCCN(C(=O)c1ccccc1F)C(C)c1nc2ccccc2c(=O)n1-c1ccccc1OC. The smallest absolute Gasteiger partial charge is 0.266 e. The zero-order valence-electron chi connectivity index (χ0n) is 19.4. The highest BCUT2D eigenvalue weighted by Gasteiger charge is 2.29. The van der Waals surface area contributed by atoms with E-state index in [-0.39, 0.29) is 11.1 Å². The van der Waals surface area contributed by atoms with Gasteiger partial charge in [-0.25, -0.2) is 9.37 Å². The van der Waals surface area contributed by atoms with Crippen LogP contribution in [0.25, 0.3) is 16.6 Å². The zero-order chi connectivity index (χ0) is 24.2. The van der Waals surface area contributed by atoms with E-state index >= 15 is 0 Å². The minimum atomic E-state index is -0.630. The zero-order valence-corrected chi connectivity index (χ0v) is 19.4. The molecule has 0 saturated heterocycles. The molecule has 0 radical (unpaired) electrons. The molecule has 6 nitrogen and oxygen atoms in total. The van der Waals surface area contributed by atoms with E-state index in [1.165, 1.54) is 23.8 Å². The molecule has 4 rings (SSSR count). The first-order chi connectivity index (χ1) is 16.5. The molecule has 1 unspecified atom stereocenters. The first-order valence-electron chi connectivity index (χ1n) is 11.2. The number of para-hydroxylation sites is 3. The monoisotopic (exact) mass is 459 g/mol. The summed E-state index contributed by atoms with van der Waals surface area (Å²) in [6, 6.07) is 19.5. The number of hydrogen-bond donors (Lipinski definition) is 0. The Labute approximate surface area is 197 Å². The molecule has 0 aliphatic rings. The Balaban J connectivity index is 1.95. The molecule has 0 aliphatic carbocycles. The van der Waals surface area contributed by atoms with Gasteiger partial charge in [-0.05, 0) is 49.7 Å². The second-order valence-corrected chi connectivity index (χ2v) is 7.95. The molecule has 1 heterocycles. The van der Waals surface area contributed by atoms with Gasteiger partial charge in [-0.2, -0.15) is 0 Å². The summed E-state index contributed by atoms with van der Waals surface area (Å²) in [7, 11) is 1.53. The van der Waals surface area contributed by atoms with Crippen LogP contribution in [0.5, 0.6) is 5.75 Å². The van der Waals surface area contributed by atoms with Crippen molar-refractivity contribution in [2.45, 2.75) is 26.3 Å². The summed E-state index contributed by atoms with van der Waals surface area (Å²) in [5, 5.41) is 0.451. The molecule has 0 fully saturated rings. The van der Waals surface area contributed by atoms with Crippen LogP contribution >= 0.6 is 0 Å². The molecule has 7 heteroatoms. The minimum absolute atomic E-state index is 0.0187. The molecule has 1 aromatic heterocycles. The van der Waals surface area contributed by atoms with Crippen LogP contribution in [0.4, 0.5) is 4.39 Å². The number of fused-ring (bicyclic) bond motifs is 1. The molecule has 34 heavy (non-hydrogen) atoms. The van der Waals surface area contributed by atoms with Gasteiger partial charge < -0.3 is 9.64 Å².